The summed E-state index contributed by atoms with van der Waals surface area (Å²) in [4.78, 5) is 140. The Morgan fingerprint density at radius 3 is 1.25 bits per heavy atom. The fourth-order valence-corrected chi connectivity index (χ4v) is 14.2. The van der Waals surface area contributed by atoms with Gasteiger partial charge in [0, 0.05) is 176 Å². The van der Waals surface area contributed by atoms with Crippen LogP contribution in [0.2, 0.25) is 0 Å². The van der Waals surface area contributed by atoms with Gasteiger partial charge < -0.3 is 107 Å². The van der Waals surface area contributed by atoms with Crippen LogP contribution in [0.3, 0.4) is 0 Å². The van der Waals surface area contributed by atoms with Gasteiger partial charge in [0.15, 0.2) is 0 Å². The van der Waals surface area contributed by atoms with E-state index in [0.717, 1.165) is 110 Å². The molecule has 132 heavy (non-hydrogen) atoms. The molecular weight excluding hydrogens is 1770 g/mol. The maximum absolute atomic E-state index is 13.5. The summed E-state index contributed by atoms with van der Waals surface area (Å²) in [5.41, 5.74) is 20.1. The molecule has 0 aromatic heterocycles. The molecule has 1 aliphatic rings. The van der Waals surface area contributed by atoms with Gasteiger partial charge in [0.2, 0.25) is 41.4 Å². The van der Waals surface area contributed by atoms with Gasteiger partial charge in [0.1, 0.15) is 42.4 Å². The molecule has 0 saturated carbocycles. The Hall–Kier alpha value is -9.67. The summed E-state index contributed by atoms with van der Waals surface area (Å²) >= 11 is 0. The second-order valence-corrected chi connectivity index (χ2v) is 32.1. The molecule has 6 atom stereocenters. The number of methoxy groups -OCH3 is 2. The number of hydrogen-bond donors (Lipinski definition) is 10. The van der Waals surface area contributed by atoms with Crippen LogP contribution < -0.4 is 53.3 Å². The molecule has 13 N–H and O–H groups in total. The number of rotatable bonds is 60. The molecule has 1 aliphatic heterocycles. The third-order valence-corrected chi connectivity index (χ3v) is 21.6. The van der Waals surface area contributed by atoms with Gasteiger partial charge in [-0.15, -0.1) is 0 Å². The molecule has 733 valence electrons. The number of ether oxygens (including phenoxy) is 7. The van der Waals surface area contributed by atoms with Crippen LogP contribution in [0.15, 0.2) is 140 Å². The van der Waals surface area contributed by atoms with Crippen molar-refractivity contribution in [1.82, 2.24) is 46.2 Å². The molecule has 1 saturated heterocycles. The van der Waals surface area contributed by atoms with E-state index in [2.05, 4.69) is 65.9 Å². The molecule has 1 radical (unpaired) electrons. The number of carboxylic acid groups (broad SMARTS) is 2. The van der Waals surface area contributed by atoms with E-state index in [1.165, 1.54) is 0 Å². The predicted molar refractivity (Wildman–Crippen MR) is 506 cm³/mol. The van der Waals surface area contributed by atoms with E-state index in [4.69, 9.17) is 60.6 Å². The van der Waals surface area contributed by atoms with Crippen molar-refractivity contribution in [2.24, 2.45) is 29.0 Å². The Morgan fingerprint density at radius 2 is 0.841 bits per heavy atom. The van der Waals surface area contributed by atoms with Crippen LogP contribution in [-0.4, -0.2) is 239 Å². The van der Waals surface area contributed by atoms with Crippen LogP contribution >= 0.6 is 0 Å². The number of alkyl carbamates (subject to hydrolysis) is 2. The summed E-state index contributed by atoms with van der Waals surface area (Å²) in [6.45, 7) is 23.1. The number of amides is 9. The summed E-state index contributed by atoms with van der Waals surface area (Å²) in [5.74, 6) is -1.22. The normalized spacial score (nSPS) is 14.1. The van der Waals surface area contributed by atoms with Crippen molar-refractivity contribution in [3.05, 3.63) is 174 Å². The van der Waals surface area contributed by atoms with E-state index in [9.17, 15) is 52.7 Å². The van der Waals surface area contributed by atoms with E-state index < -0.39 is 54.0 Å². The van der Waals surface area contributed by atoms with Crippen molar-refractivity contribution in [2.45, 2.75) is 240 Å². The number of carbonyl (C=O) groups excluding carboxylic acids is 9. The topological polar surface area (TPSA) is 444 Å². The first-order valence-corrected chi connectivity index (χ1v) is 46.8. The molecule has 1 heterocycles. The molecule has 5 aromatic rings. The van der Waals surface area contributed by atoms with Crippen LogP contribution in [0, 0.1) is 18.3 Å². The third-order valence-electron chi connectivity index (χ3n) is 21.6. The van der Waals surface area contributed by atoms with Gasteiger partial charge in [-0.1, -0.05) is 216 Å². The minimum atomic E-state index is -1.06. The number of aliphatic carboxylic acids is 2. The SMILES string of the molecule is CCCC(=O)N(CCN)CCN.CCCCCC(NC(=O)CCC(=O)NCCN(CCN)C(=O)CCC)C(=O)N(CCC)CCNC(=O)OCc1ccccc1.CCCCCC(NC(=O)CCC(=O)O)C(=O)N(CCC)CCNC(=O)OCc1ccccc1.COc1ccc(C(OCC2OC(OCCCCCC(=O)O)[CH-]C(C)C2C)(c2ccccc2)c2ccc(OC)cc2)cc1.[Y]. The molecular formula is C99H153N12O20Y-. The van der Waals surface area contributed by atoms with E-state index in [-0.39, 0.29) is 164 Å². The number of nitrogens with two attached hydrogens (primary N) is 3. The summed E-state index contributed by atoms with van der Waals surface area (Å²) in [5, 5.41) is 31.3. The quantitative estimate of drug-likeness (QED) is 0.00982. The van der Waals surface area contributed by atoms with Gasteiger partial charge in [0.25, 0.3) is 0 Å². The number of nitrogens with one attached hydrogen (secondary N) is 5. The van der Waals surface area contributed by atoms with Crippen molar-refractivity contribution in [2.75, 3.05) is 119 Å². The van der Waals surface area contributed by atoms with E-state index >= 15 is 0 Å². The van der Waals surface area contributed by atoms with Gasteiger partial charge in [-0.2, -0.15) is 5.92 Å². The molecule has 6 unspecified atom stereocenters. The Labute approximate surface area is 808 Å². The van der Waals surface area contributed by atoms with Gasteiger partial charge in [-0.25, -0.2) is 9.59 Å². The summed E-state index contributed by atoms with van der Waals surface area (Å²) < 4.78 is 41.0. The average Bonchev–Trinajstić information content (AvgIpc) is 0.750. The molecule has 0 spiro atoms. The molecule has 33 heteroatoms. The van der Waals surface area contributed by atoms with Crippen molar-refractivity contribution in [3.8, 4) is 11.5 Å². The smallest absolute Gasteiger partial charge is 0.407 e. The fraction of sp³-hybridized carbons (Fsp3) is 0.576. The number of nitrogens with zero attached hydrogens (tertiary/aromatic N) is 4. The second kappa shape index (κ2) is 71.9. The zero-order valence-corrected chi connectivity index (χ0v) is 82.8. The Kier molecular flexibility index (Phi) is 64.5. The summed E-state index contributed by atoms with van der Waals surface area (Å²) in [6, 6.07) is 43.5. The van der Waals surface area contributed by atoms with Crippen LogP contribution in [0.25, 0.3) is 0 Å². The van der Waals surface area contributed by atoms with Crippen molar-refractivity contribution in [1.29, 1.82) is 0 Å². The Balaban J connectivity index is 0.000000632. The molecule has 1 fully saturated rings. The van der Waals surface area contributed by atoms with Crippen molar-refractivity contribution in [3.63, 3.8) is 0 Å². The first-order chi connectivity index (χ1) is 63.2. The van der Waals surface area contributed by atoms with Crippen LogP contribution in [0.5, 0.6) is 11.5 Å². The minimum Gasteiger partial charge on any atom is -0.497 e. The Bertz CT molecular complexity index is 3960. The van der Waals surface area contributed by atoms with Gasteiger partial charge in [0.05, 0.1) is 33.4 Å². The number of benzene rings is 5. The Morgan fingerprint density at radius 1 is 0.439 bits per heavy atom. The van der Waals surface area contributed by atoms with Gasteiger partial charge >= 0.3 is 24.1 Å². The maximum Gasteiger partial charge on any atom is 0.407 e. The zero-order valence-electron chi connectivity index (χ0n) is 79.9. The molecule has 6 rings (SSSR count). The van der Waals surface area contributed by atoms with E-state index in [1.807, 2.05) is 162 Å². The third kappa shape index (κ3) is 48.3. The molecule has 5 aromatic carbocycles. The van der Waals surface area contributed by atoms with Gasteiger partial charge in [-0.05, 0) is 109 Å². The van der Waals surface area contributed by atoms with Crippen LogP contribution in [0.4, 0.5) is 9.59 Å². The fourth-order valence-electron chi connectivity index (χ4n) is 14.2. The summed E-state index contributed by atoms with van der Waals surface area (Å²) in [7, 11) is 3.32. The predicted octanol–water partition coefficient (Wildman–Crippen LogP) is 12.2. The van der Waals surface area contributed by atoms with Crippen LogP contribution in [-0.2, 0) is 118 Å². The maximum atomic E-state index is 13.5. The molecule has 32 nitrogen and oxygen atoms in total. The standard InChI is InChI=1S/C35H43O7.C32H54N6O6.C24H37N3O6.C8H19N3O.Y/c1-25-23-34(40-22-10-6-9-13-33(36)37)42-32(26(25)2)24-41-35(27-11-7-5-8-12-27,28-14-18-30(38-3)19-15-28)29-16-20-31(39-4)21-17-29;1-4-7-9-15-27(36-29(40)17-16-28(39)34-19-23-37(22-18-33)30(41)12-5-2)31(42)38(21-6-3)24-20-35-32(43)44-25-26-13-10-8-11-14-26;1-3-5-7-12-20(26-21(28)13-14-22(29)30)23(31)27(16-4-2)17-15-25-24(32)33-18-19-10-8-6-9-11-19;1-2-3-8(12)11(6-4-9)7-5-10;/h5,7-8,11-12,14-21,23,25-26,32,34H,6,9-10,13,22,24H2,1-4H3,(H,36,37);8,10-11,13-14,27H,4-7,9,12,15-25,33H2,1-3H3,(H,34,39)(H,35,43)(H,36,40);6,8-11,20H,3-5,7,12-18H2,1-2H3,(H,25,32)(H,26,28)(H,29,30);2-7,9-10H2,1H3;/q-1;;;;. The first kappa shape index (κ1) is 118. The van der Waals surface area contributed by atoms with E-state index in [0.29, 0.717) is 111 Å². The van der Waals surface area contributed by atoms with Crippen LogP contribution in [0.1, 0.15) is 224 Å². The van der Waals surface area contributed by atoms with Gasteiger partial charge in [-0.3, -0.25) is 49.6 Å². The number of carbonyl (C=O) groups is 11. The molecule has 0 aliphatic carbocycles. The average molecular weight is 1920 g/mol. The number of hydrogen-bond acceptors (Lipinski definition) is 21. The van der Waals surface area contributed by atoms with Crippen molar-refractivity contribution >= 4 is 65.5 Å². The molecule has 9 amide bonds. The summed E-state index contributed by atoms with van der Waals surface area (Å²) in [6.07, 6.45) is 12.6. The number of carboxylic acids is 2. The zero-order chi connectivity index (χ0) is 96.4. The number of unbranched alkanes of at least 4 members (excludes halogenated alkanes) is 6. The first-order valence-electron chi connectivity index (χ1n) is 46.8. The monoisotopic (exact) mass is 1920 g/mol. The van der Waals surface area contributed by atoms with Crippen molar-refractivity contribution < 1.29 is 129 Å². The second-order valence-electron chi connectivity index (χ2n) is 32.1. The largest absolute Gasteiger partial charge is 0.497 e. The minimum absolute atomic E-state index is 0. The van der Waals surface area contributed by atoms with E-state index in [1.54, 1.807) is 33.8 Å². The molecule has 0 bridgehead atoms.